The summed E-state index contributed by atoms with van der Waals surface area (Å²) in [6.45, 7) is 5.11. The average molecular weight is 250 g/mol. The molecule has 0 fully saturated rings. The first kappa shape index (κ1) is 12.3. The molecule has 3 nitrogen and oxygen atoms in total. The third kappa shape index (κ3) is 2.76. The Morgan fingerprint density at radius 3 is 2.88 bits per heavy atom. The number of hydrogen-bond acceptors (Lipinski definition) is 3. The second kappa shape index (κ2) is 5.47. The van der Waals surface area contributed by atoms with Crippen LogP contribution in [0.2, 0.25) is 0 Å². The average Bonchev–Trinajstić information content (AvgIpc) is 2.96. The van der Waals surface area contributed by atoms with Crippen molar-refractivity contribution in [3.63, 3.8) is 0 Å². The number of aliphatic hydroxyl groups excluding tert-OH is 1. The van der Waals surface area contributed by atoms with Crippen LogP contribution >= 0.6 is 11.3 Å². The zero-order valence-electron chi connectivity index (χ0n) is 10.3. The quantitative estimate of drug-likeness (QED) is 0.886. The Balaban J connectivity index is 2.08. The maximum atomic E-state index is 10.2. The van der Waals surface area contributed by atoms with Gasteiger partial charge in [0.05, 0.1) is 6.10 Å². The van der Waals surface area contributed by atoms with E-state index >= 15 is 0 Å². The molecular formula is C13H18N2OS. The highest BCUT2D eigenvalue weighted by atomic mass is 32.1. The van der Waals surface area contributed by atoms with Crippen molar-refractivity contribution >= 4 is 11.3 Å². The molecule has 0 aliphatic carbocycles. The van der Waals surface area contributed by atoms with Crippen molar-refractivity contribution in [2.45, 2.75) is 39.3 Å². The van der Waals surface area contributed by atoms with E-state index in [0.717, 1.165) is 23.7 Å². The van der Waals surface area contributed by atoms with Crippen LogP contribution in [0.5, 0.6) is 0 Å². The Morgan fingerprint density at radius 2 is 2.24 bits per heavy atom. The van der Waals surface area contributed by atoms with Crippen LogP contribution in [-0.4, -0.2) is 14.7 Å². The van der Waals surface area contributed by atoms with Gasteiger partial charge in [-0.25, -0.2) is 4.98 Å². The van der Waals surface area contributed by atoms with E-state index in [2.05, 4.69) is 29.5 Å². The van der Waals surface area contributed by atoms with Gasteiger partial charge in [-0.05, 0) is 25.5 Å². The zero-order valence-corrected chi connectivity index (χ0v) is 11.1. The van der Waals surface area contributed by atoms with Crippen molar-refractivity contribution in [1.29, 1.82) is 0 Å². The lowest BCUT2D eigenvalue weighted by atomic mass is 10.2. The number of thiophene rings is 1. The second-order valence-electron chi connectivity index (χ2n) is 4.01. The maximum absolute atomic E-state index is 10.2. The maximum Gasteiger partial charge on any atom is 0.111 e. The smallest absolute Gasteiger partial charge is 0.111 e. The van der Waals surface area contributed by atoms with Gasteiger partial charge in [-0.2, -0.15) is 0 Å². The van der Waals surface area contributed by atoms with E-state index in [0.29, 0.717) is 6.42 Å². The van der Waals surface area contributed by atoms with Crippen LogP contribution in [-0.2, 0) is 19.4 Å². The van der Waals surface area contributed by atoms with Gasteiger partial charge in [-0.3, -0.25) is 0 Å². The fourth-order valence-corrected chi connectivity index (χ4v) is 2.79. The van der Waals surface area contributed by atoms with Crippen LogP contribution in [0.25, 0.3) is 0 Å². The van der Waals surface area contributed by atoms with Gasteiger partial charge in [-0.1, -0.05) is 6.92 Å². The van der Waals surface area contributed by atoms with Gasteiger partial charge in [0, 0.05) is 35.1 Å². The van der Waals surface area contributed by atoms with Gasteiger partial charge in [-0.15, -0.1) is 11.3 Å². The molecule has 0 amide bonds. The first-order valence-corrected chi connectivity index (χ1v) is 6.83. The minimum Gasteiger partial charge on any atom is -0.387 e. The van der Waals surface area contributed by atoms with Crippen LogP contribution in [0.1, 0.15) is 35.5 Å². The number of aromatic nitrogens is 2. The van der Waals surface area contributed by atoms with Gasteiger partial charge in [0.2, 0.25) is 0 Å². The molecule has 1 N–H and O–H groups in total. The van der Waals surface area contributed by atoms with Gasteiger partial charge >= 0.3 is 0 Å². The molecule has 0 aliphatic heterocycles. The zero-order chi connectivity index (χ0) is 12.3. The highest BCUT2D eigenvalue weighted by Crippen LogP contribution is 2.25. The number of imidazole rings is 1. The summed E-state index contributed by atoms with van der Waals surface area (Å²) in [5.74, 6) is 0.950. The minimum absolute atomic E-state index is 0.437. The molecule has 0 spiro atoms. The summed E-state index contributed by atoms with van der Waals surface area (Å²) in [6, 6.07) is 4.11. The monoisotopic (exact) mass is 250 g/mol. The van der Waals surface area contributed by atoms with E-state index < -0.39 is 6.10 Å². The van der Waals surface area contributed by atoms with Crippen molar-refractivity contribution in [3.05, 3.63) is 40.1 Å². The van der Waals surface area contributed by atoms with Crippen LogP contribution < -0.4 is 0 Å². The Bertz CT molecular complexity index is 475. The van der Waals surface area contributed by atoms with Gasteiger partial charge in [0.25, 0.3) is 0 Å². The summed E-state index contributed by atoms with van der Waals surface area (Å²) < 4.78 is 2.07. The molecule has 92 valence electrons. The van der Waals surface area contributed by atoms with Crippen molar-refractivity contribution in [2.75, 3.05) is 0 Å². The van der Waals surface area contributed by atoms with Gasteiger partial charge in [0.15, 0.2) is 0 Å². The molecule has 2 heterocycles. The minimum atomic E-state index is -0.437. The summed E-state index contributed by atoms with van der Waals surface area (Å²) in [5, 5.41) is 10.2. The normalized spacial score (nSPS) is 12.9. The number of nitrogens with zero attached hydrogens (tertiary/aromatic N) is 2. The molecule has 2 aromatic rings. The predicted molar refractivity (Wildman–Crippen MR) is 70.3 cm³/mol. The molecular weight excluding hydrogens is 232 g/mol. The fraction of sp³-hybridized carbons (Fsp3) is 0.462. The molecule has 2 rings (SSSR count). The van der Waals surface area contributed by atoms with E-state index in [1.54, 1.807) is 17.5 Å². The SMILES string of the molecule is CCc1ccc(C(O)Cc2nccn2CC)s1. The summed E-state index contributed by atoms with van der Waals surface area (Å²) >= 11 is 1.69. The van der Waals surface area contributed by atoms with Crippen LogP contribution in [0, 0.1) is 0 Å². The van der Waals surface area contributed by atoms with Gasteiger partial charge < -0.3 is 9.67 Å². The van der Waals surface area contributed by atoms with E-state index in [1.807, 2.05) is 12.3 Å². The number of aliphatic hydroxyl groups is 1. The molecule has 0 radical (unpaired) electrons. The van der Waals surface area contributed by atoms with Crippen LogP contribution in [0.3, 0.4) is 0 Å². The molecule has 0 saturated carbocycles. The molecule has 1 unspecified atom stereocenters. The Labute approximate surface area is 106 Å². The van der Waals surface area contributed by atoms with E-state index in [-0.39, 0.29) is 0 Å². The summed E-state index contributed by atoms with van der Waals surface area (Å²) in [5.41, 5.74) is 0. The van der Waals surface area contributed by atoms with Crippen molar-refractivity contribution in [1.82, 2.24) is 9.55 Å². The Morgan fingerprint density at radius 1 is 1.41 bits per heavy atom. The lowest BCUT2D eigenvalue weighted by molar-refractivity contribution is 0.178. The molecule has 0 aromatic carbocycles. The van der Waals surface area contributed by atoms with E-state index in [1.165, 1.54) is 4.88 Å². The number of rotatable bonds is 5. The second-order valence-corrected chi connectivity index (χ2v) is 5.21. The predicted octanol–water partition coefficient (Wildman–Crippen LogP) is 2.80. The first-order valence-electron chi connectivity index (χ1n) is 6.01. The third-order valence-corrected chi connectivity index (χ3v) is 4.21. The molecule has 17 heavy (non-hydrogen) atoms. The van der Waals surface area contributed by atoms with Crippen LogP contribution in [0.4, 0.5) is 0 Å². The molecule has 1 atom stereocenters. The Kier molecular flexibility index (Phi) is 3.97. The third-order valence-electron chi connectivity index (χ3n) is 2.88. The summed E-state index contributed by atoms with van der Waals surface area (Å²) in [6.07, 6.45) is 4.92. The molecule has 4 heteroatoms. The highest BCUT2D eigenvalue weighted by Gasteiger charge is 2.13. The number of hydrogen-bond donors (Lipinski definition) is 1. The van der Waals surface area contributed by atoms with Crippen molar-refractivity contribution < 1.29 is 5.11 Å². The van der Waals surface area contributed by atoms with Crippen molar-refractivity contribution in [2.24, 2.45) is 0 Å². The fourth-order valence-electron chi connectivity index (χ4n) is 1.86. The summed E-state index contributed by atoms with van der Waals surface area (Å²) in [4.78, 5) is 6.64. The Hall–Kier alpha value is -1.13. The molecule has 0 saturated heterocycles. The van der Waals surface area contributed by atoms with E-state index in [9.17, 15) is 5.11 Å². The number of aryl methyl sites for hydroxylation is 2. The lowest BCUT2D eigenvalue weighted by Crippen LogP contribution is -2.07. The highest BCUT2D eigenvalue weighted by molar-refractivity contribution is 7.12. The summed E-state index contributed by atoms with van der Waals surface area (Å²) in [7, 11) is 0. The molecule has 0 bridgehead atoms. The molecule has 0 aliphatic rings. The van der Waals surface area contributed by atoms with Gasteiger partial charge in [0.1, 0.15) is 5.82 Å². The topological polar surface area (TPSA) is 38.1 Å². The standard InChI is InChI=1S/C13H18N2OS/c1-3-10-5-6-12(17-10)11(16)9-13-14-7-8-15(13)4-2/h5-8,11,16H,3-4,9H2,1-2H3. The largest absolute Gasteiger partial charge is 0.387 e. The van der Waals surface area contributed by atoms with Crippen LogP contribution in [0.15, 0.2) is 24.5 Å². The lowest BCUT2D eigenvalue weighted by Gasteiger charge is -2.09. The molecule has 2 aromatic heterocycles. The van der Waals surface area contributed by atoms with E-state index in [4.69, 9.17) is 0 Å². The first-order chi connectivity index (χ1) is 8.24. The van der Waals surface area contributed by atoms with Crippen molar-refractivity contribution in [3.8, 4) is 0 Å².